The lowest BCUT2D eigenvalue weighted by Crippen LogP contribution is -2.31. The summed E-state index contributed by atoms with van der Waals surface area (Å²) in [7, 11) is 0. The van der Waals surface area contributed by atoms with Gasteiger partial charge in [-0.2, -0.15) is 0 Å². The van der Waals surface area contributed by atoms with Crippen LogP contribution in [0.15, 0.2) is 41.9 Å². The minimum Gasteiger partial charge on any atom is -0.332 e. The number of rotatable bonds is 6. The normalized spacial score (nSPS) is 14.5. The number of carbonyl (C=O) groups is 1. The molecule has 2 heterocycles. The molecule has 0 bridgehead atoms. The maximum absolute atomic E-state index is 12.9. The van der Waals surface area contributed by atoms with Crippen LogP contribution in [-0.4, -0.2) is 26.2 Å². The molecule has 0 spiro atoms. The smallest absolute Gasteiger partial charge is 0.247 e. The predicted molar refractivity (Wildman–Crippen MR) is 111 cm³/mol. The quantitative estimate of drug-likeness (QED) is 0.522. The number of nitrogens with zero attached hydrogens (tertiary/aromatic N) is 3. The number of benzene rings is 1. The van der Waals surface area contributed by atoms with Crippen molar-refractivity contribution >= 4 is 39.9 Å². The van der Waals surface area contributed by atoms with Gasteiger partial charge in [0, 0.05) is 30.2 Å². The number of halogens is 1. The minimum atomic E-state index is 0.0201. The van der Waals surface area contributed by atoms with Crippen LogP contribution < -0.4 is 0 Å². The molecule has 2 aromatic heterocycles. The maximum atomic E-state index is 12.9. The van der Waals surface area contributed by atoms with Gasteiger partial charge in [0.15, 0.2) is 10.1 Å². The minimum absolute atomic E-state index is 0.0201. The van der Waals surface area contributed by atoms with E-state index in [1.54, 1.807) is 12.2 Å². The molecule has 1 aliphatic rings. The summed E-state index contributed by atoms with van der Waals surface area (Å²) in [5.74, 6) is 0.532. The lowest BCUT2D eigenvalue weighted by molar-refractivity contribution is -0.127. The second-order valence-corrected chi connectivity index (χ2v) is 8.50. The van der Waals surface area contributed by atoms with E-state index < -0.39 is 0 Å². The summed E-state index contributed by atoms with van der Waals surface area (Å²) in [5, 5.41) is 2.38. The van der Waals surface area contributed by atoms with E-state index in [0.717, 1.165) is 29.1 Å². The van der Waals surface area contributed by atoms with Crippen molar-refractivity contribution in [3.63, 3.8) is 0 Å². The van der Waals surface area contributed by atoms with E-state index in [1.165, 1.54) is 16.9 Å². The monoisotopic (exact) mass is 399 g/mol. The fourth-order valence-corrected chi connectivity index (χ4v) is 4.15. The van der Waals surface area contributed by atoms with Crippen LogP contribution in [0.1, 0.15) is 49.4 Å². The Morgan fingerprint density at radius 1 is 1.37 bits per heavy atom. The summed E-state index contributed by atoms with van der Waals surface area (Å²) in [6.07, 6.45) is 7.46. The molecule has 0 saturated heterocycles. The fraction of sp³-hybridized carbons (Fsp3) is 0.333. The molecule has 1 fully saturated rings. The van der Waals surface area contributed by atoms with Gasteiger partial charge in [-0.05, 0) is 36.0 Å². The SMILES string of the molecule is CC(C)c1ccc(CN(C(=O)/C=C/c2c(Cl)nc3sccn23)C2CC2)cc1. The van der Waals surface area contributed by atoms with Crippen molar-refractivity contribution < 1.29 is 4.79 Å². The molecule has 1 aromatic carbocycles. The standard InChI is InChI=1S/C21H22ClN3OS/c1-14(2)16-5-3-15(4-6-16)13-25(17-7-8-17)19(26)10-9-18-20(22)23-21-24(18)11-12-27-21/h3-6,9-12,14,17H,7-8,13H2,1-2H3/b10-9+. The number of aromatic nitrogens is 2. The zero-order valence-electron chi connectivity index (χ0n) is 15.4. The first-order valence-electron chi connectivity index (χ1n) is 9.21. The summed E-state index contributed by atoms with van der Waals surface area (Å²) < 4.78 is 1.91. The van der Waals surface area contributed by atoms with Gasteiger partial charge in [0.2, 0.25) is 5.91 Å². The Balaban J connectivity index is 1.51. The molecule has 0 aliphatic heterocycles. The van der Waals surface area contributed by atoms with E-state index in [-0.39, 0.29) is 5.91 Å². The molecule has 4 nitrogen and oxygen atoms in total. The molecule has 1 amide bonds. The molecular formula is C21H22ClN3OS. The van der Waals surface area contributed by atoms with Crippen LogP contribution in [0.3, 0.4) is 0 Å². The Bertz CT molecular complexity index is 983. The Morgan fingerprint density at radius 2 is 2.11 bits per heavy atom. The molecule has 0 atom stereocenters. The molecule has 27 heavy (non-hydrogen) atoms. The zero-order valence-corrected chi connectivity index (χ0v) is 17.0. The average molecular weight is 400 g/mol. The molecular weight excluding hydrogens is 378 g/mol. The first-order valence-corrected chi connectivity index (χ1v) is 10.5. The average Bonchev–Trinajstić information content (AvgIpc) is 3.32. The lowest BCUT2D eigenvalue weighted by atomic mass is 10.0. The lowest BCUT2D eigenvalue weighted by Gasteiger charge is -2.21. The molecule has 140 valence electrons. The van der Waals surface area contributed by atoms with Crippen LogP contribution in [0, 0.1) is 0 Å². The van der Waals surface area contributed by atoms with Crippen LogP contribution in [0.4, 0.5) is 0 Å². The highest BCUT2D eigenvalue weighted by Gasteiger charge is 2.31. The second-order valence-electron chi connectivity index (χ2n) is 7.27. The highest BCUT2D eigenvalue weighted by atomic mass is 35.5. The molecule has 1 saturated carbocycles. The summed E-state index contributed by atoms with van der Waals surface area (Å²) in [6.45, 7) is 5.01. The third-order valence-corrected chi connectivity index (χ3v) is 5.94. The van der Waals surface area contributed by atoms with E-state index in [0.29, 0.717) is 23.7 Å². The van der Waals surface area contributed by atoms with Crippen LogP contribution in [-0.2, 0) is 11.3 Å². The number of amides is 1. The number of carbonyl (C=O) groups excluding carboxylic acids is 1. The van der Waals surface area contributed by atoms with E-state index in [2.05, 4.69) is 43.1 Å². The highest BCUT2D eigenvalue weighted by molar-refractivity contribution is 7.15. The Kier molecular flexibility index (Phi) is 5.06. The highest BCUT2D eigenvalue weighted by Crippen LogP contribution is 2.29. The Labute approximate surface area is 168 Å². The number of thiazole rings is 1. The number of hydrogen-bond donors (Lipinski definition) is 0. The first kappa shape index (κ1) is 18.3. The van der Waals surface area contributed by atoms with Crippen molar-refractivity contribution in [1.29, 1.82) is 0 Å². The molecule has 0 unspecified atom stereocenters. The van der Waals surface area contributed by atoms with Crippen molar-refractivity contribution in [2.75, 3.05) is 0 Å². The van der Waals surface area contributed by atoms with Gasteiger partial charge in [-0.15, -0.1) is 11.3 Å². The van der Waals surface area contributed by atoms with E-state index in [9.17, 15) is 4.79 Å². The van der Waals surface area contributed by atoms with Gasteiger partial charge in [-0.1, -0.05) is 49.7 Å². The van der Waals surface area contributed by atoms with Crippen LogP contribution in [0.2, 0.25) is 5.15 Å². The molecule has 3 aromatic rings. The second kappa shape index (κ2) is 7.49. The van der Waals surface area contributed by atoms with Crippen molar-refractivity contribution in [3.8, 4) is 0 Å². The van der Waals surface area contributed by atoms with E-state index >= 15 is 0 Å². The maximum Gasteiger partial charge on any atom is 0.247 e. The van der Waals surface area contributed by atoms with Crippen molar-refractivity contribution in [1.82, 2.24) is 14.3 Å². The molecule has 1 aliphatic carbocycles. The summed E-state index contributed by atoms with van der Waals surface area (Å²) in [4.78, 5) is 19.9. The van der Waals surface area contributed by atoms with E-state index in [4.69, 9.17) is 11.6 Å². The number of fused-ring (bicyclic) bond motifs is 1. The summed E-state index contributed by atoms with van der Waals surface area (Å²) in [6, 6.07) is 8.92. The van der Waals surface area contributed by atoms with Crippen molar-refractivity contribution in [3.05, 3.63) is 63.9 Å². The van der Waals surface area contributed by atoms with Crippen molar-refractivity contribution in [2.24, 2.45) is 0 Å². The summed E-state index contributed by atoms with van der Waals surface area (Å²) >= 11 is 7.74. The molecule has 0 N–H and O–H groups in total. The van der Waals surface area contributed by atoms with Crippen LogP contribution >= 0.6 is 22.9 Å². The molecule has 0 radical (unpaired) electrons. The van der Waals surface area contributed by atoms with Crippen LogP contribution in [0.5, 0.6) is 0 Å². The zero-order chi connectivity index (χ0) is 19.0. The Morgan fingerprint density at radius 3 is 2.78 bits per heavy atom. The van der Waals surface area contributed by atoms with Gasteiger partial charge in [0.25, 0.3) is 0 Å². The Hall–Kier alpha value is -2.11. The van der Waals surface area contributed by atoms with Gasteiger partial charge in [-0.3, -0.25) is 9.20 Å². The predicted octanol–water partition coefficient (Wildman–Crippen LogP) is 5.38. The van der Waals surface area contributed by atoms with E-state index in [1.807, 2.05) is 20.9 Å². The summed E-state index contributed by atoms with van der Waals surface area (Å²) in [5.41, 5.74) is 3.23. The van der Waals surface area contributed by atoms with Crippen molar-refractivity contribution in [2.45, 2.75) is 45.2 Å². The van der Waals surface area contributed by atoms with Gasteiger partial charge >= 0.3 is 0 Å². The fourth-order valence-electron chi connectivity index (χ4n) is 3.15. The first-order chi connectivity index (χ1) is 13.0. The molecule has 4 rings (SSSR count). The van der Waals surface area contributed by atoms with Gasteiger partial charge in [0.05, 0.1) is 5.69 Å². The van der Waals surface area contributed by atoms with Gasteiger partial charge in [-0.25, -0.2) is 4.98 Å². The third kappa shape index (κ3) is 3.94. The number of imidazole rings is 1. The van der Waals surface area contributed by atoms with Gasteiger partial charge < -0.3 is 4.90 Å². The topological polar surface area (TPSA) is 37.6 Å². The van der Waals surface area contributed by atoms with Gasteiger partial charge in [0.1, 0.15) is 0 Å². The molecule has 6 heteroatoms. The third-order valence-electron chi connectivity index (χ3n) is 4.91. The number of hydrogen-bond acceptors (Lipinski definition) is 3. The largest absolute Gasteiger partial charge is 0.332 e. The van der Waals surface area contributed by atoms with Crippen LogP contribution in [0.25, 0.3) is 11.0 Å².